The minimum absolute atomic E-state index is 0.110. The monoisotopic (exact) mass is 304 g/mol. The Labute approximate surface area is 128 Å². The summed E-state index contributed by atoms with van der Waals surface area (Å²) in [4.78, 5) is 20.7. The van der Waals surface area contributed by atoms with Crippen LogP contribution in [0, 0.1) is 0 Å². The normalized spacial score (nSPS) is 16.2. The van der Waals surface area contributed by atoms with Gasteiger partial charge in [-0.15, -0.1) is 0 Å². The van der Waals surface area contributed by atoms with Crippen LogP contribution < -0.4 is 5.32 Å². The third-order valence-corrected chi connectivity index (χ3v) is 4.07. The molecule has 1 N–H and O–H groups in total. The molecule has 1 saturated heterocycles. The number of urea groups is 1. The number of pyridine rings is 1. The van der Waals surface area contributed by atoms with E-state index in [2.05, 4.69) is 22.2 Å². The van der Waals surface area contributed by atoms with Crippen LogP contribution in [-0.4, -0.2) is 54.0 Å². The Morgan fingerprint density at radius 3 is 2.76 bits per heavy atom. The van der Waals surface area contributed by atoms with E-state index in [1.807, 2.05) is 23.1 Å². The summed E-state index contributed by atoms with van der Waals surface area (Å²) >= 11 is 6.24. The second-order valence-corrected chi connectivity index (χ2v) is 5.62. The van der Waals surface area contributed by atoms with Crippen molar-refractivity contribution in [1.82, 2.24) is 14.8 Å². The number of hydrogen-bond donors (Lipinski definition) is 1. The maximum Gasteiger partial charge on any atom is 0.321 e. The highest BCUT2D eigenvalue weighted by Crippen LogP contribution is 2.30. The van der Waals surface area contributed by atoms with Gasteiger partial charge >= 0.3 is 6.03 Å². The predicted octanol–water partition coefficient (Wildman–Crippen LogP) is 2.67. The largest absolute Gasteiger partial charge is 0.322 e. The minimum atomic E-state index is -0.110. The molecular weight excluding hydrogens is 288 g/mol. The lowest BCUT2D eigenvalue weighted by atomic mass is 10.2. The number of fused-ring (bicyclic) bond motifs is 1. The molecule has 1 aliphatic heterocycles. The van der Waals surface area contributed by atoms with Gasteiger partial charge in [-0.2, -0.15) is 0 Å². The van der Waals surface area contributed by atoms with Crippen LogP contribution in [-0.2, 0) is 0 Å². The Bertz CT molecular complexity index is 668. The number of carbonyl (C=O) groups is 1. The van der Waals surface area contributed by atoms with Crippen LogP contribution in [0.3, 0.4) is 0 Å². The number of benzene rings is 1. The van der Waals surface area contributed by atoms with Gasteiger partial charge in [0.25, 0.3) is 0 Å². The third kappa shape index (κ3) is 2.94. The molecule has 0 unspecified atom stereocenters. The second kappa shape index (κ2) is 5.87. The average Bonchev–Trinajstić information content (AvgIpc) is 2.51. The van der Waals surface area contributed by atoms with E-state index in [4.69, 9.17) is 11.6 Å². The van der Waals surface area contributed by atoms with E-state index >= 15 is 0 Å². The molecule has 110 valence electrons. The first-order chi connectivity index (χ1) is 10.1. The maximum absolute atomic E-state index is 12.4. The van der Waals surface area contributed by atoms with Crippen molar-refractivity contribution in [3.05, 3.63) is 35.5 Å². The van der Waals surface area contributed by atoms with Gasteiger partial charge in [0.15, 0.2) is 0 Å². The van der Waals surface area contributed by atoms with Crippen molar-refractivity contribution in [3.63, 3.8) is 0 Å². The number of nitrogens with one attached hydrogen (secondary N) is 1. The van der Waals surface area contributed by atoms with E-state index in [-0.39, 0.29) is 6.03 Å². The number of amides is 2. The number of halogens is 1. The second-order valence-electron chi connectivity index (χ2n) is 5.21. The highest BCUT2D eigenvalue weighted by Gasteiger charge is 2.20. The third-order valence-electron chi connectivity index (χ3n) is 3.76. The molecule has 1 aliphatic rings. The molecule has 1 aromatic heterocycles. The zero-order valence-corrected chi connectivity index (χ0v) is 12.6. The fourth-order valence-corrected chi connectivity index (χ4v) is 2.66. The van der Waals surface area contributed by atoms with Crippen LogP contribution >= 0.6 is 11.6 Å². The Morgan fingerprint density at radius 1 is 1.24 bits per heavy atom. The van der Waals surface area contributed by atoms with Gasteiger partial charge in [-0.05, 0) is 31.3 Å². The molecule has 5 nitrogen and oxygen atoms in total. The summed E-state index contributed by atoms with van der Waals surface area (Å²) < 4.78 is 0. The number of piperazine rings is 1. The molecule has 0 aliphatic carbocycles. The molecule has 0 spiro atoms. The lowest BCUT2D eigenvalue weighted by Crippen LogP contribution is -2.48. The smallest absolute Gasteiger partial charge is 0.321 e. The number of anilines is 1. The maximum atomic E-state index is 12.4. The van der Waals surface area contributed by atoms with Crippen LogP contribution in [0.4, 0.5) is 10.5 Å². The van der Waals surface area contributed by atoms with Gasteiger partial charge in [0.2, 0.25) is 0 Å². The van der Waals surface area contributed by atoms with Crippen LogP contribution in [0.15, 0.2) is 30.5 Å². The molecule has 0 bridgehead atoms. The van der Waals surface area contributed by atoms with Crippen molar-refractivity contribution < 1.29 is 4.79 Å². The predicted molar refractivity (Wildman–Crippen MR) is 84.8 cm³/mol. The highest BCUT2D eigenvalue weighted by molar-refractivity contribution is 6.35. The number of likely N-dealkylation sites (N-methyl/N-ethyl adjacent to an activating group) is 1. The summed E-state index contributed by atoms with van der Waals surface area (Å²) in [6, 6.07) is 7.25. The quantitative estimate of drug-likeness (QED) is 0.881. The van der Waals surface area contributed by atoms with Gasteiger partial charge in [-0.3, -0.25) is 4.98 Å². The summed E-state index contributed by atoms with van der Waals surface area (Å²) in [6.07, 6.45) is 1.72. The van der Waals surface area contributed by atoms with Gasteiger partial charge in [0.1, 0.15) is 0 Å². The summed E-state index contributed by atoms with van der Waals surface area (Å²) in [5.74, 6) is 0. The molecule has 1 aromatic carbocycles. The SMILES string of the molecule is CN1CCN(C(=O)Nc2c(Cl)ccc3ncccc23)CC1. The lowest BCUT2D eigenvalue weighted by Gasteiger charge is -2.32. The number of rotatable bonds is 1. The van der Waals surface area contributed by atoms with Crippen molar-refractivity contribution in [1.29, 1.82) is 0 Å². The van der Waals surface area contributed by atoms with Gasteiger partial charge in [-0.1, -0.05) is 11.6 Å². The first-order valence-corrected chi connectivity index (χ1v) is 7.30. The van der Waals surface area contributed by atoms with E-state index in [1.54, 1.807) is 12.3 Å². The van der Waals surface area contributed by atoms with E-state index in [0.29, 0.717) is 10.7 Å². The zero-order valence-electron chi connectivity index (χ0n) is 11.8. The summed E-state index contributed by atoms with van der Waals surface area (Å²) in [5, 5.41) is 4.31. The standard InChI is InChI=1S/C15H17ClN4O/c1-19-7-9-20(10-8-19)15(21)18-14-11-3-2-6-17-13(11)5-4-12(14)16/h2-6H,7-10H2,1H3,(H,18,21). The van der Waals surface area contributed by atoms with Crippen LogP contribution in [0.25, 0.3) is 10.9 Å². The first kappa shape index (κ1) is 14.1. The topological polar surface area (TPSA) is 48.5 Å². The molecular formula is C15H17ClN4O. The fourth-order valence-electron chi connectivity index (χ4n) is 2.45. The zero-order chi connectivity index (χ0) is 14.8. The molecule has 1 fully saturated rings. The van der Waals surface area contributed by atoms with E-state index < -0.39 is 0 Å². The minimum Gasteiger partial charge on any atom is -0.322 e. The highest BCUT2D eigenvalue weighted by atomic mass is 35.5. The van der Waals surface area contributed by atoms with Crippen LogP contribution in [0.2, 0.25) is 5.02 Å². The molecule has 3 rings (SSSR count). The average molecular weight is 305 g/mol. The molecule has 0 radical (unpaired) electrons. The van der Waals surface area contributed by atoms with Crippen LogP contribution in [0.5, 0.6) is 0 Å². The van der Waals surface area contributed by atoms with E-state index in [0.717, 1.165) is 37.1 Å². The molecule has 6 heteroatoms. The number of nitrogens with zero attached hydrogens (tertiary/aromatic N) is 3. The Balaban J connectivity index is 1.84. The number of hydrogen-bond acceptors (Lipinski definition) is 3. The molecule has 0 saturated carbocycles. The Morgan fingerprint density at radius 2 is 2.00 bits per heavy atom. The first-order valence-electron chi connectivity index (χ1n) is 6.93. The van der Waals surface area contributed by atoms with Gasteiger partial charge in [-0.25, -0.2) is 4.79 Å². The van der Waals surface area contributed by atoms with Gasteiger partial charge in [0.05, 0.1) is 16.2 Å². The van der Waals surface area contributed by atoms with Crippen molar-refractivity contribution in [2.45, 2.75) is 0 Å². The summed E-state index contributed by atoms with van der Waals surface area (Å²) in [7, 11) is 2.06. The molecule has 2 aromatic rings. The summed E-state index contributed by atoms with van der Waals surface area (Å²) in [6.45, 7) is 3.22. The van der Waals surface area contributed by atoms with Gasteiger partial charge in [0, 0.05) is 37.8 Å². The Kier molecular flexibility index (Phi) is 3.94. The Hall–Kier alpha value is -1.85. The van der Waals surface area contributed by atoms with Crippen molar-refractivity contribution in [2.75, 3.05) is 38.5 Å². The molecule has 2 amide bonds. The van der Waals surface area contributed by atoms with Crippen molar-refractivity contribution in [3.8, 4) is 0 Å². The van der Waals surface area contributed by atoms with E-state index in [1.165, 1.54) is 0 Å². The van der Waals surface area contributed by atoms with Crippen LogP contribution in [0.1, 0.15) is 0 Å². The number of aromatic nitrogens is 1. The number of carbonyl (C=O) groups excluding carboxylic acids is 1. The lowest BCUT2D eigenvalue weighted by molar-refractivity contribution is 0.164. The summed E-state index contributed by atoms with van der Waals surface area (Å²) in [5.41, 5.74) is 1.45. The van der Waals surface area contributed by atoms with Gasteiger partial charge < -0.3 is 15.1 Å². The fraction of sp³-hybridized carbons (Fsp3) is 0.333. The van der Waals surface area contributed by atoms with Crippen molar-refractivity contribution in [2.24, 2.45) is 0 Å². The molecule has 2 heterocycles. The molecule has 21 heavy (non-hydrogen) atoms. The van der Waals surface area contributed by atoms with E-state index in [9.17, 15) is 4.79 Å². The molecule has 0 atom stereocenters. The van der Waals surface area contributed by atoms with Crippen molar-refractivity contribution >= 4 is 34.2 Å².